The van der Waals surface area contributed by atoms with Crippen LogP contribution in [0.15, 0.2) is 61.4 Å². The van der Waals surface area contributed by atoms with Crippen molar-refractivity contribution in [2.45, 2.75) is 0 Å². The van der Waals surface area contributed by atoms with Crippen LogP contribution in [0.5, 0.6) is 0 Å². The van der Waals surface area contributed by atoms with E-state index < -0.39 is 0 Å². The summed E-state index contributed by atoms with van der Waals surface area (Å²) < 4.78 is 0. The Labute approximate surface area is 94.3 Å². The fraction of sp³-hybridized carbons (Fsp3) is 0. The van der Waals surface area contributed by atoms with Gasteiger partial charge >= 0.3 is 0 Å². The fourth-order valence-electron chi connectivity index (χ4n) is 1.45. The number of hydrogen-bond acceptors (Lipinski definition) is 2. The minimum atomic E-state index is -0.0493. The molecule has 2 aromatic rings. The molecule has 0 aliphatic rings. The minimum absolute atomic E-state index is 0.0493. The van der Waals surface area contributed by atoms with Crippen LogP contribution < -0.4 is 0 Å². The van der Waals surface area contributed by atoms with E-state index in [0.29, 0.717) is 11.1 Å². The summed E-state index contributed by atoms with van der Waals surface area (Å²) in [5.41, 5.74) is 1.96. The van der Waals surface area contributed by atoms with Crippen LogP contribution in [0.4, 0.5) is 0 Å². The zero-order chi connectivity index (χ0) is 11.4. The Kier molecular flexibility index (Phi) is 2.92. The third kappa shape index (κ3) is 2.06. The van der Waals surface area contributed by atoms with Crippen molar-refractivity contribution in [2.24, 2.45) is 0 Å². The van der Waals surface area contributed by atoms with Crippen LogP contribution in [0.1, 0.15) is 15.9 Å². The van der Waals surface area contributed by atoms with Gasteiger partial charge in [0.05, 0.1) is 0 Å². The molecule has 0 bridgehead atoms. The number of rotatable bonds is 3. The quantitative estimate of drug-likeness (QED) is 0.574. The summed E-state index contributed by atoms with van der Waals surface area (Å²) in [6, 6.07) is 12.7. The maximum atomic E-state index is 12.0. The predicted octanol–water partition coefficient (Wildman–Crippen LogP) is 2.98. The van der Waals surface area contributed by atoms with E-state index in [4.69, 9.17) is 0 Å². The van der Waals surface area contributed by atoms with Crippen LogP contribution in [0, 0.1) is 0 Å². The Hall–Kier alpha value is -2.22. The van der Waals surface area contributed by atoms with Crippen LogP contribution in [-0.2, 0) is 0 Å². The molecule has 0 saturated heterocycles. The number of benzene rings is 1. The molecular formula is C14H11NO. The highest BCUT2D eigenvalue weighted by Gasteiger charge is 2.10. The second kappa shape index (κ2) is 4.53. The molecule has 16 heavy (non-hydrogen) atoms. The van der Waals surface area contributed by atoms with Gasteiger partial charge in [-0.3, -0.25) is 9.78 Å². The Morgan fingerprint density at radius 3 is 2.19 bits per heavy atom. The first kappa shape index (κ1) is 10.3. The van der Waals surface area contributed by atoms with Gasteiger partial charge in [0.15, 0.2) is 5.78 Å². The Bertz CT molecular complexity index is 453. The van der Waals surface area contributed by atoms with Crippen molar-refractivity contribution in [3.63, 3.8) is 0 Å². The van der Waals surface area contributed by atoms with Gasteiger partial charge in [0.25, 0.3) is 0 Å². The highest BCUT2D eigenvalue weighted by atomic mass is 16.1. The molecule has 0 N–H and O–H groups in total. The van der Waals surface area contributed by atoms with Gasteiger partial charge in [-0.05, 0) is 17.7 Å². The molecule has 0 aliphatic carbocycles. The Balaban J connectivity index is 2.28. The summed E-state index contributed by atoms with van der Waals surface area (Å²) in [7, 11) is 0. The van der Waals surface area contributed by atoms with Crippen molar-refractivity contribution in [3.8, 4) is 0 Å². The number of pyridine rings is 1. The molecule has 2 heteroatoms. The summed E-state index contributed by atoms with van der Waals surface area (Å²) in [4.78, 5) is 15.9. The maximum Gasteiger partial charge on any atom is 0.193 e. The first-order chi connectivity index (χ1) is 7.79. The SMILES string of the molecule is C=C(C(=O)c1ccccc1)c1ccncc1. The van der Waals surface area contributed by atoms with Crippen molar-refractivity contribution in [3.05, 3.63) is 72.6 Å². The third-order valence-electron chi connectivity index (χ3n) is 2.34. The molecule has 0 unspecified atom stereocenters. The van der Waals surface area contributed by atoms with E-state index >= 15 is 0 Å². The molecule has 0 amide bonds. The van der Waals surface area contributed by atoms with E-state index in [-0.39, 0.29) is 5.78 Å². The lowest BCUT2D eigenvalue weighted by Gasteiger charge is -2.04. The number of nitrogens with zero attached hydrogens (tertiary/aromatic N) is 1. The van der Waals surface area contributed by atoms with Crippen LogP contribution in [-0.4, -0.2) is 10.8 Å². The Morgan fingerprint density at radius 2 is 1.56 bits per heavy atom. The third-order valence-corrected chi connectivity index (χ3v) is 2.34. The molecule has 1 aromatic carbocycles. The highest BCUT2D eigenvalue weighted by molar-refractivity contribution is 6.28. The molecule has 1 heterocycles. The summed E-state index contributed by atoms with van der Waals surface area (Å²) >= 11 is 0. The normalized spacial score (nSPS) is 9.75. The van der Waals surface area contributed by atoms with Gasteiger partial charge in [0.1, 0.15) is 0 Å². The molecule has 0 radical (unpaired) electrons. The number of hydrogen-bond donors (Lipinski definition) is 0. The number of Topliss-reactive ketones (excluding diaryl/α,β-unsaturated/α-hetero) is 1. The van der Waals surface area contributed by atoms with Gasteiger partial charge in [-0.25, -0.2) is 0 Å². The molecule has 1 aromatic heterocycles. The molecular weight excluding hydrogens is 198 g/mol. The van der Waals surface area contributed by atoms with E-state index in [2.05, 4.69) is 11.6 Å². The van der Waals surface area contributed by atoms with Crippen molar-refractivity contribution >= 4 is 11.4 Å². The zero-order valence-electron chi connectivity index (χ0n) is 8.76. The summed E-state index contributed by atoms with van der Waals surface area (Å²) in [6.45, 7) is 3.82. The number of allylic oxidation sites excluding steroid dienone is 1. The van der Waals surface area contributed by atoms with E-state index in [1.807, 2.05) is 18.2 Å². The van der Waals surface area contributed by atoms with Gasteiger partial charge in [-0.1, -0.05) is 36.9 Å². The second-order valence-corrected chi connectivity index (χ2v) is 3.41. The molecule has 0 fully saturated rings. The molecule has 78 valence electrons. The van der Waals surface area contributed by atoms with Crippen molar-refractivity contribution in [1.82, 2.24) is 4.98 Å². The molecule has 0 saturated carbocycles. The first-order valence-electron chi connectivity index (χ1n) is 4.98. The van der Waals surface area contributed by atoms with Gasteiger partial charge in [0.2, 0.25) is 0 Å². The average Bonchev–Trinajstić information content (AvgIpc) is 2.39. The minimum Gasteiger partial charge on any atom is -0.289 e. The molecule has 2 rings (SSSR count). The van der Waals surface area contributed by atoms with E-state index in [9.17, 15) is 4.79 Å². The highest BCUT2D eigenvalue weighted by Crippen LogP contribution is 2.16. The molecule has 0 atom stereocenters. The lowest BCUT2D eigenvalue weighted by Crippen LogP contribution is -2.01. The number of carbonyl (C=O) groups excluding carboxylic acids is 1. The van der Waals surface area contributed by atoms with Crippen LogP contribution in [0.25, 0.3) is 5.57 Å². The predicted molar refractivity (Wildman–Crippen MR) is 64.0 cm³/mol. The monoisotopic (exact) mass is 209 g/mol. The van der Waals surface area contributed by atoms with Gasteiger partial charge in [-0.15, -0.1) is 0 Å². The summed E-state index contributed by atoms with van der Waals surface area (Å²) in [5.74, 6) is -0.0493. The van der Waals surface area contributed by atoms with Gasteiger partial charge in [-0.2, -0.15) is 0 Å². The molecule has 2 nitrogen and oxygen atoms in total. The van der Waals surface area contributed by atoms with E-state index in [1.54, 1.807) is 36.7 Å². The lowest BCUT2D eigenvalue weighted by atomic mass is 9.99. The number of aromatic nitrogens is 1. The van der Waals surface area contributed by atoms with E-state index in [1.165, 1.54) is 0 Å². The largest absolute Gasteiger partial charge is 0.289 e. The molecule has 0 aliphatic heterocycles. The average molecular weight is 209 g/mol. The number of ketones is 1. The van der Waals surface area contributed by atoms with Crippen molar-refractivity contribution < 1.29 is 4.79 Å². The summed E-state index contributed by atoms with van der Waals surface area (Å²) in [6.07, 6.45) is 3.30. The van der Waals surface area contributed by atoms with Crippen molar-refractivity contribution in [1.29, 1.82) is 0 Å². The number of carbonyl (C=O) groups is 1. The Morgan fingerprint density at radius 1 is 0.938 bits per heavy atom. The van der Waals surface area contributed by atoms with Crippen LogP contribution >= 0.6 is 0 Å². The second-order valence-electron chi connectivity index (χ2n) is 3.41. The van der Waals surface area contributed by atoms with Crippen LogP contribution in [0.2, 0.25) is 0 Å². The maximum absolute atomic E-state index is 12.0. The molecule has 0 spiro atoms. The van der Waals surface area contributed by atoms with Crippen LogP contribution in [0.3, 0.4) is 0 Å². The zero-order valence-corrected chi connectivity index (χ0v) is 8.76. The van der Waals surface area contributed by atoms with E-state index in [0.717, 1.165) is 5.56 Å². The van der Waals surface area contributed by atoms with Crippen molar-refractivity contribution in [2.75, 3.05) is 0 Å². The topological polar surface area (TPSA) is 30.0 Å². The van der Waals surface area contributed by atoms with Gasteiger partial charge < -0.3 is 0 Å². The van der Waals surface area contributed by atoms with Gasteiger partial charge in [0, 0.05) is 23.5 Å². The smallest absolute Gasteiger partial charge is 0.193 e. The fourth-order valence-corrected chi connectivity index (χ4v) is 1.45. The standard InChI is InChI=1S/C14H11NO/c1-11(12-7-9-15-10-8-12)14(16)13-5-3-2-4-6-13/h2-10H,1H2. The summed E-state index contributed by atoms with van der Waals surface area (Å²) in [5, 5.41) is 0. The lowest BCUT2D eigenvalue weighted by molar-refractivity contribution is 0.105. The first-order valence-corrected chi connectivity index (χ1v) is 4.98.